The van der Waals surface area contributed by atoms with E-state index in [1.165, 1.54) is 18.7 Å². The van der Waals surface area contributed by atoms with Crippen LogP contribution in [-0.2, 0) is 19.2 Å². The first-order chi connectivity index (χ1) is 11.5. The van der Waals surface area contributed by atoms with Crippen LogP contribution in [0, 0.1) is 6.92 Å². The Bertz CT molecular complexity index is 704. The molecule has 1 atom stereocenters. The summed E-state index contributed by atoms with van der Waals surface area (Å²) in [6, 6.07) is 16.8. The van der Waals surface area contributed by atoms with Crippen molar-refractivity contribution in [3.8, 4) is 0 Å². The van der Waals surface area contributed by atoms with Gasteiger partial charge in [0.2, 0.25) is 10.8 Å². The maximum absolute atomic E-state index is 12.8. The molecule has 0 aromatic heterocycles. The predicted molar refractivity (Wildman–Crippen MR) is 98.9 cm³/mol. The molecule has 0 aliphatic rings. The van der Waals surface area contributed by atoms with Crippen molar-refractivity contribution in [1.82, 2.24) is 5.32 Å². The Balaban J connectivity index is 2.53. The van der Waals surface area contributed by atoms with E-state index in [9.17, 15) is 9.59 Å². The van der Waals surface area contributed by atoms with Crippen LogP contribution in [-0.4, -0.2) is 17.8 Å². The number of carbonyl (C=O) groups excluding carboxylic acids is 2. The number of benzene rings is 2. The van der Waals surface area contributed by atoms with Crippen LogP contribution < -0.4 is 5.32 Å². The normalized spacial score (nSPS) is 13.0. The Morgan fingerprint density at radius 1 is 1.12 bits per heavy atom. The van der Waals surface area contributed by atoms with Crippen molar-refractivity contribution < 1.29 is 14.3 Å². The lowest BCUT2D eigenvalue weighted by Crippen LogP contribution is -2.49. The van der Waals surface area contributed by atoms with Crippen LogP contribution in [0.1, 0.15) is 18.1 Å². The first-order valence-electron chi connectivity index (χ1n) is 7.36. The quantitative estimate of drug-likeness (QED) is 0.358. The van der Waals surface area contributed by atoms with Crippen LogP contribution in [0.3, 0.4) is 0 Å². The highest BCUT2D eigenvalue weighted by Crippen LogP contribution is 2.40. The molecule has 0 heterocycles. The lowest BCUT2D eigenvalue weighted by atomic mass is 10.1. The minimum atomic E-state index is -1.37. The number of rotatable bonds is 6. The van der Waals surface area contributed by atoms with Crippen LogP contribution >= 0.6 is 24.4 Å². The summed E-state index contributed by atoms with van der Waals surface area (Å²) < 4.78 is 5.15. The molecule has 126 valence electrons. The molecule has 2 aromatic rings. The highest BCUT2D eigenvalue weighted by molar-refractivity contribution is 8.01. The topological polar surface area (TPSA) is 55.4 Å². The third-order valence-corrected chi connectivity index (χ3v) is 4.75. The number of amides is 1. The lowest BCUT2D eigenvalue weighted by molar-refractivity contribution is -0.147. The monoisotopic (exact) mass is 361 g/mol. The standard InChI is InChI=1S/C18H19NO3S2/c1-13-8-10-16(11-9-13)24-18(19-14(2)20,17(21)22-12-23)15-6-4-3-5-7-15/h3-11,23H,12H2,1-2H3,(H,19,20). The zero-order valence-electron chi connectivity index (χ0n) is 13.5. The summed E-state index contributed by atoms with van der Waals surface area (Å²) in [6.07, 6.45) is 0. The fourth-order valence-corrected chi connectivity index (χ4v) is 3.57. The van der Waals surface area contributed by atoms with Gasteiger partial charge in [-0.2, -0.15) is 0 Å². The van der Waals surface area contributed by atoms with E-state index in [1.54, 1.807) is 12.1 Å². The molecule has 4 nitrogen and oxygen atoms in total. The van der Waals surface area contributed by atoms with Gasteiger partial charge in [0.15, 0.2) is 0 Å². The molecule has 0 aliphatic carbocycles. The van der Waals surface area contributed by atoms with E-state index >= 15 is 0 Å². The summed E-state index contributed by atoms with van der Waals surface area (Å²) in [7, 11) is 0. The van der Waals surface area contributed by atoms with Gasteiger partial charge in [0, 0.05) is 11.8 Å². The van der Waals surface area contributed by atoms with Gasteiger partial charge in [0.1, 0.15) is 5.94 Å². The van der Waals surface area contributed by atoms with Gasteiger partial charge in [0.05, 0.1) is 0 Å². The molecule has 0 bridgehead atoms. The maximum Gasteiger partial charge on any atom is 0.348 e. The van der Waals surface area contributed by atoms with Crippen molar-refractivity contribution in [2.75, 3.05) is 5.94 Å². The Morgan fingerprint density at radius 3 is 2.29 bits per heavy atom. The van der Waals surface area contributed by atoms with Gasteiger partial charge in [-0.3, -0.25) is 4.79 Å². The Morgan fingerprint density at radius 2 is 1.75 bits per heavy atom. The van der Waals surface area contributed by atoms with Crippen LogP contribution in [0.25, 0.3) is 0 Å². The summed E-state index contributed by atoms with van der Waals surface area (Å²) in [4.78, 5) is 24.1. The molecule has 0 radical (unpaired) electrons. The van der Waals surface area contributed by atoms with Gasteiger partial charge in [-0.25, -0.2) is 4.79 Å². The first-order valence-corrected chi connectivity index (χ1v) is 8.81. The molecule has 1 N–H and O–H groups in total. The molecular weight excluding hydrogens is 342 g/mol. The number of thioether (sulfide) groups is 1. The average Bonchev–Trinajstić information content (AvgIpc) is 2.57. The zero-order chi connectivity index (χ0) is 17.6. The molecule has 2 aromatic carbocycles. The smallest absolute Gasteiger partial charge is 0.348 e. The van der Waals surface area contributed by atoms with Gasteiger partial charge < -0.3 is 10.1 Å². The van der Waals surface area contributed by atoms with E-state index in [0.29, 0.717) is 5.56 Å². The molecular formula is C18H19NO3S2. The Hall–Kier alpha value is -1.92. The lowest BCUT2D eigenvalue weighted by Gasteiger charge is -2.31. The number of esters is 1. The maximum atomic E-state index is 12.8. The number of aryl methyl sites for hydroxylation is 1. The largest absolute Gasteiger partial charge is 0.452 e. The minimum Gasteiger partial charge on any atom is -0.452 e. The van der Waals surface area contributed by atoms with Gasteiger partial charge in [-0.15, -0.1) is 12.6 Å². The summed E-state index contributed by atoms with van der Waals surface area (Å²) in [6.45, 7) is 3.36. The van der Waals surface area contributed by atoms with E-state index in [4.69, 9.17) is 4.74 Å². The van der Waals surface area contributed by atoms with Gasteiger partial charge >= 0.3 is 5.97 Å². The van der Waals surface area contributed by atoms with Crippen LogP contribution in [0.5, 0.6) is 0 Å². The summed E-state index contributed by atoms with van der Waals surface area (Å²) >= 11 is 5.20. The van der Waals surface area contributed by atoms with Gasteiger partial charge in [-0.05, 0) is 24.6 Å². The van der Waals surface area contributed by atoms with E-state index in [0.717, 1.165) is 10.5 Å². The van der Waals surface area contributed by atoms with Crippen molar-refractivity contribution in [1.29, 1.82) is 0 Å². The fraction of sp³-hybridized carbons (Fsp3) is 0.222. The van der Waals surface area contributed by atoms with Crippen LogP contribution in [0.15, 0.2) is 59.5 Å². The van der Waals surface area contributed by atoms with E-state index in [2.05, 4.69) is 17.9 Å². The van der Waals surface area contributed by atoms with E-state index in [1.807, 2.05) is 49.4 Å². The van der Waals surface area contributed by atoms with E-state index in [-0.39, 0.29) is 11.8 Å². The number of hydrogen-bond donors (Lipinski definition) is 2. The number of carbonyl (C=O) groups is 2. The number of hydrogen-bond acceptors (Lipinski definition) is 5. The number of thiol groups is 1. The van der Waals surface area contributed by atoms with E-state index < -0.39 is 10.8 Å². The molecule has 0 saturated carbocycles. The van der Waals surface area contributed by atoms with Crippen LogP contribution in [0.2, 0.25) is 0 Å². The third kappa shape index (κ3) is 4.33. The zero-order valence-corrected chi connectivity index (χ0v) is 15.2. The van der Waals surface area contributed by atoms with Gasteiger partial charge in [0.25, 0.3) is 0 Å². The Kier molecular flexibility index (Phi) is 6.34. The molecule has 2 rings (SSSR count). The summed E-state index contributed by atoms with van der Waals surface area (Å²) in [5, 5.41) is 2.77. The fourth-order valence-electron chi connectivity index (χ4n) is 2.23. The van der Waals surface area contributed by atoms with Crippen molar-refractivity contribution in [2.45, 2.75) is 23.6 Å². The number of nitrogens with one attached hydrogen (secondary N) is 1. The molecule has 1 unspecified atom stereocenters. The molecule has 0 saturated heterocycles. The molecule has 0 aliphatic heterocycles. The van der Waals surface area contributed by atoms with Crippen molar-refractivity contribution in [3.05, 3.63) is 65.7 Å². The molecule has 0 spiro atoms. The predicted octanol–water partition coefficient (Wildman–Crippen LogP) is 3.51. The first kappa shape index (κ1) is 18.4. The minimum absolute atomic E-state index is 0.0680. The third-order valence-electron chi connectivity index (χ3n) is 3.31. The highest BCUT2D eigenvalue weighted by atomic mass is 32.2. The number of ether oxygens (including phenoxy) is 1. The summed E-state index contributed by atoms with van der Waals surface area (Å²) in [5.74, 6) is -0.958. The van der Waals surface area contributed by atoms with Crippen LogP contribution in [0.4, 0.5) is 0 Å². The Labute approximate surface area is 151 Å². The second kappa shape index (κ2) is 8.26. The second-order valence-electron chi connectivity index (χ2n) is 5.20. The second-order valence-corrected chi connectivity index (χ2v) is 6.75. The van der Waals surface area contributed by atoms with Crippen molar-refractivity contribution in [3.63, 3.8) is 0 Å². The molecule has 6 heteroatoms. The van der Waals surface area contributed by atoms with Crippen molar-refractivity contribution >= 4 is 36.3 Å². The molecule has 0 fully saturated rings. The molecule has 24 heavy (non-hydrogen) atoms. The summed E-state index contributed by atoms with van der Waals surface area (Å²) in [5.41, 5.74) is 1.75. The highest BCUT2D eigenvalue weighted by Gasteiger charge is 2.44. The van der Waals surface area contributed by atoms with Crippen molar-refractivity contribution in [2.24, 2.45) is 0 Å². The van der Waals surface area contributed by atoms with Gasteiger partial charge in [-0.1, -0.05) is 59.8 Å². The molecule has 1 amide bonds. The average molecular weight is 361 g/mol. The SMILES string of the molecule is CC(=O)NC(Sc1ccc(C)cc1)(C(=O)OCS)c1ccccc1.